The minimum absolute atomic E-state index is 0.301. The van der Waals surface area contributed by atoms with Gasteiger partial charge in [-0.05, 0) is 43.2 Å². The molecule has 156 valence electrons. The van der Waals surface area contributed by atoms with Gasteiger partial charge in [0.2, 0.25) is 0 Å². The smallest absolute Gasteiger partial charge is 0.193 e. The van der Waals surface area contributed by atoms with Crippen molar-refractivity contribution >= 4 is 5.96 Å². The minimum atomic E-state index is 0.301. The molecule has 0 aliphatic carbocycles. The second-order valence-corrected chi connectivity index (χ2v) is 7.66. The van der Waals surface area contributed by atoms with Gasteiger partial charge in [0, 0.05) is 40.4 Å². The van der Waals surface area contributed by atoms with Crippen LogP contribution < -0.4 is 5.32 Å². The van der Waals surface area contributed by atoms with E-state index in [2.05, 4.69) is 39.5 Å². The molecular formula is C22H35N3O3. The van der Waals surface area contributed by atoms with Crippen LogP contribution in [0.3, 0.4) is 0 Å². The van der Waals surface area contributed by atoms with Gasteiger partial charge in [-0.15, -0.1) is 0 Å². The Morgan fingerprint density at radius 1 is 1.21 bits per heavy atom. The van der Waals surface area contributed by atoms with Gasteiger partial charge in [0.25, 0.3) is 0 Å². The summed E-state index contributed by atoms with van der Waals surface area (Å²) in [6, 6.07) is 8.47. The topological polar surface area (TPSA) is 55.3 Å². The van der Waals surface area contributed by atoms with Crippen LogP contribution in [0, 0.1) is 0 Å². The van der Waals surface area contributed by atoms with Crippen molar-refractivity contribution in [3.05, 3.63) is 35.4 Å². The number of rotatable bonds is 7. The van der Waals surface area contributed by atoms with Crippen molar-refractivity contribution in [3.63, 3.8) is 0 Å². The van der Waals surface area contributed by atoms with Crippen molar-refractivity contribution in [2.75, 3.05) is 40.5 Å². The van der Waals surface area contributed by atoms with E-state index in [4.69, 9.17) is 14.2 Å². The molecule has 1 unspecified atom stereocenters. The Balaban J connectivity index is 1.40. The third kappa shape index (κ3) is 6.47. The van der Waals surface area contributed by atoms with Crippen LogP contribution in [0.1, 0.15) is 43.2 Å². The fourth-order valence-electron chi connectivity index (χ4n) is 3.93. The van der Waals surface area contributed by atoms with E-state index in [1.54, 1.807) is 7.11 Å². The van der Waals surface area contributed by atoms with Crippen LogP contribution in [-0.2, 0) is 27.4 Å². The van der Waals surface area contributed by atoms with E-state index in [1.165, 1.54) is 24.0 Å². The van der Waals surface area contributed by atoms with E-state index in [-0.39, 0.29) is 0 Å². The molecule has 6 heteroatoms. The zero-order valence-corrected chi connectivity index (χ0v) is 17.4. The van der Waals surface area contributed by atoms with Gasteiger partial charge in [-0.3, -0.25) is 4.99 Å². The van der Waals surface area contributed by atoms with Gasteiger partial charge >= 0.3 is 0 Å². The zero-order chi connectivity index (χ0) is 19.6. The minimum Gasteiger partial charge on any atom is -0.380 e. The van der Waals surface area contributed by atoms with Gasteiger partial charge in [0.05, 0.1) is 25.4 Å². The first-order chi connectivity index (χ1) is 13.8. The number of hydrogen-bond acceptors (Lipinski definition) is 4. The molecule has 1 atom stereocenters. The summed E-state index contributed by atoms with van der Waals surface area (Å²) in [4.78, 5) is 6.81. The molecule has 0 spiro atoms. The second-order valence-electron chi connectivity index (χ2n) is 7.66. The van der Waals surface area contributed by atoms with Crippen molar-refractivity contribution in [2.45, 2.75) is 57.5 Å². The molecule has 0 saturated carbocycles. The van der Waals surface area contributed by atoms with Gasteiger partial charge in [-0.2, -0.15) is 0 Å². The summed E-state index contributed by atoms with van der Waals surface area (Å²) in [6.07, 6.45) is 6.32. The van der Waals surface area contributed by atoms with Gasteiger partial charge in [0.15, 0.2) is 5.96 Å². The quantitative estimate of drug-likeness (QED) is 0.574. The Bertz CT molecular complexity index is 609. The van der Waals surface area contributed by atoms with E-state index in [0.29, 0.717) is 18.8 Å². The molecule has 2 aliphatic rings. The molecule has 1 aromatic carbocycles. The molecular weight excluding hydrogens is 354 g/mol. The Morgan fingerprint density at radius 2 is 2.04 bits per heavy atom. The normalized spacial score (nSPS) is 21.7. The number of aliphatic imine (C=N–C) groups is 1. The van der Waals surface area contributed by atoms with Crippen molar-refractivity contribution < 1.29 is 14.2 Å². The Hall–Kier alpha value is -1.63. The maximum atomic E-state index is 6.13. The molecule has 3 rings (SSSR count). The maximum Gasteiger partial charge on any atom is 0.193 e. The highest BCUT2D eigenvalue weighted by atomic mass is 16.5. The number of ether oxygens (including phenoxy) is 3. The summed E-state index contributed by atoms with van der Waals surface area (Å²) in [5.74, 6) is 0.964. The summed E-state index contributed by atoms with van der Waals surface area (Å²) in [5.41, 5.74) is 2.43. The maximum absolute atomic E-state index is 6.13. The van der Waals surface area contributed by atoms with Crippen LogP contribution >= 0.6 is 0 Å². The summed E-state index contributed by atoms with van der Waals surface area (Å²) < 4.78 is 17.1. The zero-order valence-electron chi connectivity index (χ0n) is 17.4. The molecule has 0 aromatic heterocycles. The average Bonchev–Trinajstić information content (AvgIpc) is 2.75. The third-order valence-corrected chi connectivity index (χ3v) is 5.50. The Labute approximate surface area is 169 Å². The largest absolute Gasteiger partial charge is 0.380 e. The summed E-state index contributed by atoms with van der Waals surface area (Å²) in [5, 5.41) is 3.50. The van der Waals surface area contributed by atoms with E-state index in [9.17, 15) is 0 Å². The van der Waals surface area contributed by atoms with Crippen LogP contribution in [0.25, 0.3) is 0 Å². The molecule has 6 nitrogen and oxygen atoms in total. The molecule has 0 amide bonds. The monoisotopic (exact) mass is 389 g/mol. The molecule has 0 bridgehead atoms. The number of nitrogens with zero attached hydrogens (tertiary/aromatic N) is 2. The van der Waals surface area contributed by atoms with Gasteiger partial charge < -0.3 is 24.4 Å². The number of methoxy groups -OCH3 is 1. The van der Waals surface area contributed by atoms with Crippen molar-refractivity contribution in [2.24, 2.45) is 4.99 Å². The first-order valence-corrected chi connectivity index (χ1v) is 10.5. The standard InChI is InChI=1S/C22H35N3O3/c1-23-22(24-15-18-6-5-7-19(14-18)16-26-2)25-11-9-20(10-12-25)28-17-21-8-3-4-13-27-21/h5-7,14,20-21H,3-4,8-13,15-17H2,1-2H3,(H,23,24). The number of piperidine rings is 1. The lowest BCUT2D eigenvalue weighted by atomic mass is 10.1. The lowest BCUT2D eigenvalue weighted by Gasteiger charge is -2.35. The molecule has 28 heavy (non-hydrogen) atoms. The van der Waals surface area contributed by atoms with Crippen LogP contribution in [-0.4, -0.2) is 63.5 Å². The fraction of sp³-hybridized carbons (Fsp3) is 0.682. The van der Waals surface area contributed by atoms with E-state index in [1.807, 2.05) is 7.05 Å². The lowest BCUT2D eigenvalue weighted by Crippen LogP contribution is -2.47. The second kappa shape index (κ2) is 11.4. The van der Waals surface area contributed by atoms with Gasteiger partial charge in [-0.1, -0.05) is 24.3 Å². The number of likely N-dealkylation sites (tertiary alicyclic amines) is 1. The Kier molecular flexibility index (Phi) is 8.58. The molecule has 1 aromatic rings. The van der Waals surface area contributed by atoms with Crippen molar-refractivity contribution in [1.82, 2.24) is 10.2 Å². The first-order valence-electron chi connectivity index (χ1n) is 10.5. The number of guanidine groups is 1. The van der Waals surface area contributed by atoms with Crippen molar-refractivity contribution in [3.8, 4) is 0 Å². The summed E-state index contributed by atoms with van der Waals surface area (Å²) >= 11 is 0. The van der Waals surface area contributed by atoms with E-state index in [0.717, 1.165) is 58.1 Å². The lowest BCUT2D eigenvalue weighted by molar-refractivity contribution is -0.0721. The van der Waals surface area contributed by atoms with Crippen molar-refractivity contribution in [1.29, 1.82) is 0 Å². The highest BCUT2D eigenvalue weighted by molar-refractivity contribution is 5.79. The summed E-state index contributed by atoms with van der Waals surface area (Å²) in [6.45, 7) is 4.99. The summed E-state index contributed by atoms with van der Waals surface area (Å²) in [7, 11) is 3.58. The highest BCUT2D eigenvalue weighted by Gasteiger charge is 2.23. The molecule has 0 radical (unpaired) electrons. The van der Waals surface area contributed by atoms with Crippen LogP contribution in [0.5, 0.6) is 0 Å². The van der Waals surface area contributed by atoms with E-state index < -0.39 is 0 Å². The fourth-order valence-corrected chi connectivity index (χ4v) is 3.93. The predicted molar refractivity (Wildman–Crippen MR) is 111 cm³/mol. The molecule has 1 N–H and O–H groups in total. The van der Waals surface area contributed by atoms with Gasteiger partial charge in [-0.25, -0.2) is 0 Å². The molecule has 2 aliphatic heterocycles. The van der Waals surface area contributed by atoms with Crippen LogP contribution in [0.15, 0.2) is 29.3 Å². The highest BCUT2D eigenvalue weighted by Crippen LogP contribution is 2.18. The van der Waals surface area contributed by atoms with Crippen LogP contribution in [0.2, 0.25) is 0 Å². The molecule has 2 heterocycles. The number of hydrogen-bond donors (Lipinski definition) is 1. The van der Waals surface area contributed by atoms with Crippen LogP contribution in [0.4, 0.5) is 0 Å². The van der Waals surface area contributed by atoms with E-state index >= 15 is 0 Å². The SMILES string of the molecule is CN=C(NCc1cccc(COC)c1)N1CCC(OCC2CCCCO2)CC1. The first kappa shape index (κ1) is 21.1. The molecule has 2 saturated heterocycles. The number of nitrogens with one attached hydrogen (secondary N) is 1. The predicted octanol–water partition coefficient (Wildman–Crippen LogP) is 2.96. The Morgan fingerprint density at radius 3 is 2.75 bits per heavy atom. The van der Waals surface area contributed by atoms with Gasteiger partial charge in [0.1, 0.15) is 0 Å². The average molecular weight is 390 g/mol. The third-order valence-electron chi connectivity index (χ3n) is 5.50. The molecule has 2 fully saturated rings. The number of benzene rings is 1.